The average molecular weight is 422 g/mol. The van der Waals surface area contributed by atoms with Gasteiger partial charge >= 0.3 is 0 Å². The Labute approximate surface area is 173 Å². The average Bonchev–Trinajstić information content (AvgIpc) is 2.68. The van der Waals surface area contributed by atoms with Gasteiger partial charge in [-0.05, 0) is 48.7 Å². The van der Waals surface area contributed by atoms with Crippen molar-refractivity contribution in [1.29, 1.82) is 0 Å². The molecule has 0 saturated heterocycles. The molecule has 7 heteroatoms. The molecule has 0 unspecified atom stereocenters. The summed E-state index contributed by atoms with van der Waals surface area (Å²) < 4.78 is 5.46. The number of carbonyl (C=O) groups excluding carboxylic acids is 2. The number of carbonyl (C=O) groups is 2. The molecule has 2 rings (SSSR count). The van der Waals surface area contributed by atoms with Crippen molar-refractivity contribution in [2.24, 2.45) is 0 Å². The topological polar surface area (TPSA) is 75.6 Å². The van der Waals surface area contributed by atoms with Gasteiger partial charge in [0.05, 0.1) is 10.0 Å². The van der Waals surface area contributed by atoms with Gasteiger partial charge in [0.1, 0.15) is 6.61 Å². The van der Waals surface area contributed by atoms with E-state index in [1.807, 2.05) is 19.1 Å². The van der Waals surface area contributed by atoms with E-state index in [-0.39, 0.29) is 22.9 Å². The lowest BCUT2D eigenvalue weighted by atomic mass is 10.1. The van der Waals surface area contributed by atoms with Crippen molar-refractivity contribution >= 4 is 34.9 Å². The van der Waals surface area contributed by atoms with E-state index >= 15 is 0 Å². The first-order valence-electron chi connectivity index (χ1n) is 8.79. The minimum absolute atomic E-state index is 0.0283. The van der Waals surface area contributed by atoms with Gasteiger partial charge in [-0.1, -0.05) is 48.3 Å². The van der Waals surface area contributed by atoms with Crippen LogP contribution in [0.1, 0.15) is 29.3 Å². The number of ether oxygens (including phenoxy) is 1. The molecule has 2 aromatic rings. The summed E-state index contributed by atoms with van der Waals surface area (Å²) in [6.07, 6.45) is 5.23. The Balaban J connectivity index is 1.85. The zero-order chi connectivity index (χ0) is 20.5. The fourth-order valence-electron chi connectivity index (χ4n) is 2.38. The Bertz CT molecular complexity index is 881. The normalized spacial score (nSPS) is 10.8. The SMILES string of the molecule is CCC=CCOc1ccc(CCNC(=O)C(=O)c2ccc(Cl)c(Cl)c2)cc1O. The molecule has 1 amide bonds. The minimum atomic E-state index is -0.731. The molecule has 0 saturated carbocycles. The van der Waals surface area contributed by atoms with Crippen LogP contribution in [0.5, 0.6) is 11.5 Å². The van der Waals surface area contributed by atoms with E-state index in [0.29, 0.717) is 23.8 Å². The van der Waals surface area contributed by atoms with Crippen LogP contribution >= 0.6 is 23.2 Å². The van der Waals surface area contributed by atoms with Gasteiger partial charge < -0.3 is 15.2 Å². The van der Waals surface area contributed by atoms with Gasteiger partial charge in [-0.2, -0.15) is 0 Å². The summed E-state index contributed by atoms with van der Waals surface area (Å²) in [7, 11) is 0. The second-order valence-corrected chi connectivity index (χ2v) is 6.77. The van der Waals surface area contributed by atoms with E-state index in [4.69, 9.17) is 27.9 Å². The van der Waals surface area contributed by atoms with Crippen molar-refractivity contribution in [2.45, 2.75) is 19.8 Å². The number of halogens is 2. The highest BCUT2D eigenvalue weighted by Gasteiger charge is 2.16. The van der Waals surface area contributed by atoms with E-state index in [2.05, 4.69) is 5.32 Å². The number of ketones is 1. The van der Waals surface area contributed by atoms with Gasteiger partial charge in [0.2, 0.25) is 5.78 Å². The summed E-state index contributed by atoms with van der Waals surface area (Å²) >= 11 is 11.7. The number of hydrogen-bond donors (Lipinski definition) is 2. The standard InChI is InChI=1S/C21H21Cl2NO4/c1-2-3-4-11-28-19-8-5-14(12-18(19)25)9-10-24-21(27)20(26)15-6-7-16(22)17(23)13-15/h3-8,12-13,25H,2,9-11H2,1H3,(H,24,27). The van der Waals surface area contributed by atoms with E-state index in [9.17, 15) is 14.7 Å². The highest BCUT2D eigenvalue weighted by atomic mass is 35.5. The molecule has 0 aliphatic carbocycles. The third-order valence-corrected chi connectivity index (χ3v) is 4.59. The quantitative estimate of drug-likeness (QED) is 0.352. The molecule has 2 aromatic carbocycles. The lowest BCUT2D eigenvalue weighted by Crippen LogP contribution is -2.32. The van der Waals surface area contributed by atoms with Crippen LogP contribution < -0.4 is 10.1 Å². The maximum absolute atomic E-state index is 12.1. The van der Waals surface area contributed by atoms with Gasteiger partial charge in [-0.15, -0.1) is 0 Å². The van der Waals surface area contributed by atoms with Crippen LogP contribution in [0, 0.1) is 0 Å². The highest BCUT2D eigenvalue weighted by Crippen LogP contribution is 2.27. The molecule has 2 N–H and O–H groups in total. The highest BCUT2D eigenvalue weighted by molar-refractivity contribution is 6.45. The van der Waals surface area contributed by atoms with Crippen LogP contribution in [0.25, 0.3) is 0 Å². The zero-order valence-corrected chi connectivity index (χ0v) is 16.9. The molecule has 0 spiro atoms. The van der Waals surface area contributed by atoms with Gasteiger partial charge in [-0.25, -0.2) is 0 Å². The minimum Gasteiger partial charge on any atom is -0.504 e. The third kappa shape index (κ3) is 6.29. The van der Waals surface area contributed by atoms with Crippen LogP contribution in [-0.2, 0) is 11.2 Å². The molecule has 5 nitrogen and oxygen atoms in total. The summed E-state index contributed by atoms with van der Waals surface area (Å²) in [5.41, 5.74) is 0.972. The van der Waals surface area contributed by atoms with Crippen molar-refractivity contribution in [3.05, 3.63) is 69.7 Å². The van der Waals surface area contributed by atoms with Gasteiger partial charge in [0, 0.05) is 12.1 Å². The lowest BCUT2D eigenvalue weighted by Gasteiger charge is -2.09. The monoisotopic (exact) mass is 421 g/mol. The Kier molecular flexibility index (Phi) is 8.36. The molecule has 0 aromatic heterocycles. The van der Waals surface area contributed by atoms with Crippen molar-refractivity contribution in [3.63, 3.8) is 0 Å². The number of hydrogen-bond acceptors (Lipinski definition) is 4. The number of Topliss-reactive ketones (excluding diaryl/α,β-unsaturated/α-hetero) is 1. The fourth-order valence-corrected chi connectivity index (χ4v) is 2.68. The predicted octanol–water partition coefficient (Wildman–Crippen LogP) is 4.59. The van der Waals surface area contributed by atoms with E-state index in [1.165, 1.54) is 18.2 Å². The molecule has 0 aliphatic heterocycles. The number of rotatable bonds is 9. The Morgan fingerprint density at radius 2 is 1.89 bits per heavy atom. The molecule has 0 atom stereocenters. The molecule has 0 bridgehead atoms. The molecule has 28 heavy (non-hydrogen) atoms. The smallest absolute Gasteiger partial charge is 0.292 e. The second kappa shape index (κ2) is 10.7. The summed E-state index contributed by atoms with van der Waals surface area (Å²) in [4.78, 5) is 24.1. The molecular formula is C21H21Cl2NO4. The molecule has 148 valence electrons. The van der Waals surface area contributed by atoms with E-state index in [1.54, 1.807) is 18.2 Å². The first kappa shape index (κ1) is 21.8. The number of nitrogens with one attached hydrogen (secondary N) is 1. The zero-order valence-electron chi connectivity index (χ0n) is 15.4. The molecule has 0 heterocycles. The predicted molar refractivity (Wildman–Crippen MR) is 111 cm³/mol. The first-order valence-corrected chi connectivity index (χ1v) is 9.55. The number of amides is 1. The summed E-state index contributed by atoms with van der Waals surface area (Å²) in [5.74, 6) is -1.00. The van der Waals surface area contributed by atoms with Crippen molar-refractivity contribution in [2.75, 3.05) is 13.2 Å². The molecular weight excluding hydrogens is 401 g/mol. The Morgan fingerprint density at radius 1 is 1.11 bits per heavy atom. The molecule has 0 fully saturated rings. The van der Waals surface area contributed by atoms with Gasteiger partial charge in [0.15, 0.2) is 11.5 Å². The van der Waals surface area contributed by atoms with Crippen LogP contribution in [0.2, 0.25) is 10.0 Å². The van der Waals surface area contributed by atoms with Crippen molar-refractivity contribution in [3.8, 4) is 11.5 Å². The van der Waals surface area contributed by atoms with Crippen LogP contribution in [-0.4, -0.2) is 29.9 Å². The fraction of sp³-hybridized carbons (Fsp3) is 0.238. The number of phenols is 1. The third-order valence-electron chi connectivity index (χ3n) is 3.85. The van der Waals surface area contributed by atoms with Gasteiger partial charge in [-0.3, -0.25) is 9.59 Å². The van der Waals surface area contributed by atoms with Gasteiger partial charge in [0.25, 0.3) is 5.91 Å². The Morgan fingerprint density at radius 3 is 2.57 bits per heavy atom. The number of allylic oxidation sites excluding steroid dienone is 1. The molecule has 0 radical (unpaired) electrons. The van der Waals surface area contributed by atoms with E-state index in [0.717, 1.165) is 12.0 Å². The number of phenolic OH excluding ortho intramolecular Hbond substituents is 1. The van der Waals surface area contributed by atoms with Crippen molar-refractivity contribution in [1.82, 2.24) is 5.32 Å². The lowest BCUT2D eigenvalue weighted by molar-refractivity contribution is -0.116. The largest absolute Gasteiger partial charge is 0.504 e. The van der Waals surface area contributed by atoms with Crippen LogP contribution in [0.4, 0.5) is 0 Å². The second-order valence-electron chi connectivity index (χ2n) is 5.96. The van der Waals surface area contributed by atoms with E-state index < -0.39 is 11.7 Å². The summed E-state index contributed by atoms with van der Waals surface area (Å²) in [5, 5.41) is 13.1. The van der Waals surface area contributed by atoms with Crippen molar-refractivity contribution < 1.29 is 19.4 Å². The summed E-state index contributed by atoms with van der Waals surface area (Å²) in [6, 6.07) is 9.32. The number of aromatic hydroxyl groups is 1. The maximum atomic E-state index is 12.1. The van der Waals surface area contributed by atoms with Crippen LogP contribution in [0.15, 0.2) is 48.6 Å². The summed E-state index contributed by atoms with van der Waals surface area (Å²) in [6.45, 7) is 2.65. The first-order chi connectivity index (χ1) is 13.4. The maximum Gasteiger partial charge on any atom is 0.292 e. The molecule has 0 aliphatic rings. The van der Waals surface area contributed by atoms with Crippen LogP contribution in [0.3, 0.4) is 0 Å². The Hall–Kier alpha value is -2.50. The number of benzene rings is 2.